The van der Waals surface area contributed by atoms with Crippen LogP contribution in [0.25, 0.3) is 0 Å². The molecule has 74 valence electrons. The first-order valence-corrected chi connectivity index (χ1v) is 4.03. The topological polar surface area (TPSA) is 38.7 Å². The van der Waals surface area contributed by atoms with Crippen LogP contribution in [0, 0.1) is 0 Å². The second kappa shape index (κ2) is 9.03. The molecular weight excluding hydrogens is 168 g/mol. The molecule has 1 N–H and O–H groups in total. The van der Waals surface area contributed by atoms with E-state index < -0.39 is 0 Å². The first-order chi connectivity index (χ1) is 6.31. The van der Waals surface area contributed by atoms with E-state index in [-0.39, 0.29) is 0 Å². The molecule has 0 heterocycles. The van der Waals surface area contributed by atoms with Gasteiger partial charge in [0.05, 0.1) is 13.2 Å². The number of hydrogen-bond acceptors (Lipinski definition) is 3. The number of ether oxygens (including phenoxy) is 2. The fourth-order valence-corrected chi connectivity index (χ4v) is 0.595. The van der Waals surface area contributed by atoms with Gasteiger partial charge in [-0.1, -0.05) is 18.2 Å². The number of rotatable bonds is 3. The van der Waals surface area contributed by atoms with Crippen LogP contribution in [0.5, 0.6) is 5.75 Å². The summed E-state index contributed by atoms with van der Waals surface area (Å²) in [6.07, 6.45) is 0. The molecule has 0 bridgehead atoms. The molecule has 0 aliphatic heterocycles. The minimum absolute atomic E-state index is 0.322. The van der Waals surface area contributed by atoms with Crippen LogP contribution < -0.4 is 0 Å². The Morgan fingerprint density at radius 3 is 1.69 bits per heavy atom. The number of benzene rings is 1. The molecule has 0 saturated carbocycles. The molecule has 3 nitrogen and oxygen atoms in total. The minimum atomic E-state index is 0.322. The maximum Gasteiger partial charge on any atom is 0.115 e. The summed E-state index contributed by atoms with van der Waals surface area (Å²) < 4.78 is 9.31. The molecule has 13 heavy (non-hydrogen) atoms. The Hall–Kier alpha value is -1.06. The van der Waals surface area contributed by atoms with Crippen LogP contribution in [0.2, 0.25) is 0 Å². The lowest BCUT2D eigenvalue weighted by Crippen LogP contribution is -1.96. The normalized spacial score (nSPS) is 8.77. The first-order valence-electron chi connectivity index (χ1n) is 4.03. The fraction of sp³-hybridized carbons (Fsp3) is 0.400. The van der Waals surface area contributed by atoms with Crippen LogP contribution in [0.1, 0.15) is 0 Å². The summed E-state index contributed by atoms with van der Waals surface area (Å²) in [5.74, 6) is 0.322. The van der Waals surface area contributed by atoms with Crippen molar-refractivity contribution in [2.75, 3.05) is 27.4 Å². The third-order valence-electron chi connectivity index (χ3n) is 1.25. The lowest BCUT2D eigenvalue weighted by molar-refractivity contribution is 0.103. The van der Waals surface area contributed by atoms with E-state index in [4.69, 9.17) is 5.11 Å². The van der Waals surface area contributed by atoms with Crippen LogP contribution in [-0.2, 0) is 9.47 Å². The Bertz CT molecular complexity index is 183. The molecule has 3 heteroatoms. The molecule has 0 radical (unpaired) electrons. The molecule has 0 saturated heterocycles. The van der Waals surface area contributed by atoms with Gasteiger partial charge in [0, 0.05) is 14.2 Å². The Labute approximate surface area is 78.9 Å². The molecule has 0 spiro atoms. The average Bonchev–Trinajstić information content (AvgIpc) is 2.17. The van der Waals surface area contributed by atoms with Crippen LogP contribution in [0.4, 0.5) is 0 Å². The van der Waals surface area contributed by atoms with Gasteiger partial charge >= 0.3 is 0 Å². The number of hydrogen-bond donors (Lipinski definition) is 1. The van der Waals surface area contributed by atoms with Gasteiger partial charge in [-0.25, -0.2) is 0 Å². The second-order valence-electron chi connectivity index (χ2n) is 2.32. The summed E-state index contributed by atoms with van der Waals surface area (Å²) in [4.78, 5) is 0. The summed E-state index contributed by atoms with van der Waals surface area (Å²) in [7, 11) is 3.30. The van der Waals surface area contributed by atoms with Crippen molar-refractivity contribution in [2.45, 2.75) is 0 Å². The Balaban J connectivity index is 0.000000226. The van der Waals surface area contributed by atoms with Gasteiger partial charge in [-0.3, -0.25) is 0 Å². The summed E-state index contributed by atoms with van der Waals surface area (Å²) in [5.41, 5.74) is 0. The van der Waals surface area contributed by atoms with Crippen molar-refractivity contribution >= 4 is 0 Å². The van der Waals surface area contributed by atoms with E-state index in [9.17, 15) is 0 Å². The number of phenolic OH excluding ortho intramolecular Hbond substituents is 1. The van der Waals surface area contributed by atoms with Gasteiger partial charge in [-0.2, -0.15) is 0 Å². The van der Waals surface area contributed by atoms with Crippen molar-refractivity contribution in [1.82, 2.24) is 0 Å². The summed E-state index contributed by atoms with van der Waals surface area (Å²) in [6, 6.07) is 8.71. The number of methoxy groups -OCH3 is 2. The highest BCUT2D eigenvalue weighted by Crippen LogP contribution is 2.02. The van der Waals surface area contributed by atoms with Gasteiger partial charge < -0.3 is 14.6 Å². The average molecular weight is 184 g/mol. The molecule has 0 atom stereocenters. The molecule has 0 aromatic heterocycles. The van der Waals surface area contributed by atoms with Gasteiger partial charge in [-0.05, 0) is 12.1 Å². The number of aromatic hydroxyl groups is 1. The van der Waals surface area contributed by atoms with Crippen molar-refractivity contribution in [3.8, 4) is 5.75 Å². The Morgan fingerprint density at radius 1 is 1.00 bits per heavy atom. The molecule has 0 aliphatic carbocycles. The predicted molar refractivity (Wildman–Crippen MR) is 51.9 cm³/mol. The molecule has 0 fully saturated rings. The van der Waals surface area contributed by atoms with Crippen LogP contribution >= 0.6 is 0 Å². The van der Waals surface area contributed by atoms with Crippen molar-refractivity contribution in [3.63, 3.8) is 0 Å². The first kappa shape index (κ1) is 11.9. The summed E-state index contributed by atoms with van der Waals surface area (Å²) in [6.45, 7) is 1.38. The SMILES string of the molecule is COCCOC.Oc1ccccc1. The zero-order valence-corrected chi connectivity index (χ0v) is 8.06. The molecular formula is C10H16O3. The van der Waals surface area contributed by atoms with Crippen molar-refractivity contribution in [3.05, 3.63) is 30.3 Å². The van der Waals surface area contributed by atoms with E-state index in [1.807, 2.05) is 6.07 Å². The monoisotopic (exact) mass is 184 g/mol. The second-order valence-corrected chi connectivity index (χ2v) is 2.32. The maximum atomic E-state index is 8.63. The van der Waals surface area contributed by atoms with E-state index in [0.29, 0.717) is 19.0 Å². The summed E-state index contributed by atoms with van der Waals surface area (Å²) >= 11 is 0. The molecule has 0 aliphatic rings. The molecule has 1 rings (SSSR count). The zero-order chi connectivity index (χ0) is 9.94. The van der Waals surface area contributed by atoms with E-state index in [0.717, 1.165) is 0 Å². The van der Waals surface area contributed by atoms with Crippen molar-refractivity contribution < 1.29 is 14.6 Å². The number of phenols is 1. The Kier molecular flexibility index (Phi) is 8.30. The highest BCUT2D eigenvalue weighted by Gasteiger charge is 1.75. The highest BCUT2D eigenvalue weighted by molar-refractivity contribution is 5.18. The van der Waals surface area contributed by atoms with Crippen LogP contribution in [-0.4, -0.2) is 32.5 Å². The van der Waals surface area contributed by atoms with Gasteiger partial charge in [0.15, 0.2) is 0 Å². The van der Waals surface area contributed by atoms with E-state index in [2.05, 4.69) is 9.47 Å². The lowest BCUT2D eigenvalue weighted by atomic mass is 10.3. The van der Waals surface area contributed by atoms with E-state index in [1.165, 1.54) is 0 Å². The summed E-state index contributed by atoms with van der Waals surface area (Å²) in [5, 5.41) is 8.63. The molecule has 0 unspecified atom stereocenters. The zero-order valence-electron chi connectivity index (χ0n) is 8.06. The fourth-order valence-electron chi connectivity index (χ4n) is 0.595. The number of para-hydroxylation sites is 1. The minimum Gasteiger partial charge on any atom is -0.508 e. The molecule has 0 amide bonds. The largest absolute Gasteiger partial charge is 0.508 e. The van der Waals surface area contributed by atoms with E-state index >= 15 is 0 Å². The quantitative estimate of drug-likeness (QED) is 0.726. The maximum absolute atomic E-state index is 8.63. The molecule has 1 aromatic carbocycles. The highest BCUT2D eigenvalue weighted by atomic mass is 16.5. The predicted octanol–water partition coefficient (Wildman–Crippen LogP) is 1.67. The van der Waals surface area contributed by atoms with Gasteiger partial charge in [0.25, 0.3) is 0 Å². The third kappa shape index (κ3) is 8.85. The van der Waals surface area contributed by atoms with Gasteiger partial charge in [-0.15, -0.1) is 0 Å². The molecule has 1 aromatic rings. The van der Waals surface area contributed by atoms with Crippen molar-refractivity contribution in [2.24, 2.45) is 0 Å². The van der Waals surface area contributed by atoms with Crippen LogP contribution in [0.15, 0.2) is 30.3 Å². The smallest absolute Gasteiger partial charge is 0.115 e. The standard InChI is InChI=1S/C6H6O.C4H10O2/c7-6-4-2-1-3-5-6;1-5-3-4-6-2/h1-5,7H;3-4H2,1-2H3. The lowest BCUT2D eigenvalue weighted by Gasteiger charge is -1.91. The van der Waals surface area contributed by atoms with Crippen molar-refractivity contribution in [1.29, 1.82) is 0 Å². The Morgan fingerprint density at radius 2 is 1.46 bits per heavy atom. The van der Waals surface area contributed by atoms with Gasteiger partial charge in [0.1, 0.15) is 5.75 Å². The van der Waals surface area contributed by atoms with Gasteiger partial charge in [0.2, 0.25) is 0 Å². The van der Waals surface area contributed by atoms with E-state index in [1.54, 1.807) is 38.5 Å². The van der Waals surface area contributed by atoms with Crippen LogP contribution in [0.3, 0.4) is 0 Å². The third-order valence-corrected chi connectivity index (χ3v) is 1.25.